The van der Waals surface area contributed by atoms with Crippen LogP contribution in [0.2, 0.25) is 0 Å². The molecule has 1 nitrogen and oxygen atoms in total. The van der Waals surface area contributed by atoms with Crippen molar-refractivity contribution in [2.45, 2.75) is 5.92 Å². The highest BCUT2D eigenvalue weighted by molar-refractivity contribution is 7.26. The van der Waals surface area contributed by atoms with Crippen LogP contribution in [0.5, 0.6) is 0 Å². The van der Waals surface area contributed by atoms with Crippen LogP contribution in [0.4, 0.5) is 0 Å². The highest BCUT2D eigenvalue weighted by atomic mass is 32.1. The molecule has 0 saturated heterocycles. The Kier molecular flexibility index (Phi) is 6.05. The molecule has 0 radical (unpaired) electrons. The highest BCUT2D eigenvalue weighted by Gasteiger charge is 2.34. The lowest BCUT2D eigenvalue weighted by molar-refractivity contribution is 1.03. The predicted octanol–water partition coefficient (Wildman–Crippen LogP) is 14.3. The molecule has 1 unspecified atom stereocenters. The van der Waals surface area contributed by atoms with E-state index in [0.29, 0.717) is 0 Å². The van der Waals surface area contributed by atoms with Crippen LogP contribution in [0, 0.1) is 0 Å². The van der Waals surface area contributed by atoms with Crippen LogP contribution in [-0.4, -0.2) is 4.57 Å². The lowest BCUT2D eigenvalue weighted by Gasteiger charge is -2.17. The molecule has 0 aliphatic heterocycles. The van der Waals surface area contributed by atoms with Gasteiger partial charge < -0.3 is 4.57 Å². The second-order valence-electron chi connectivity index (χ2n) is 14.4. The first-order valence-corrected chi connectivity index (χ1v) is 19.2. The first-order chi connectivity index (χ1) is 26.3. The maximum absolute atomic E-state index is 2.51. The maximum atomic E-state index is 2.51. The number of nitrogens with zero attached hydrogens (tertiary/aromatic N) is 1. The number of rotatable bonds is 3. The van der Waals surface area contributed by atoms with Crippen molar-refractivity contribution in [2.75, 3.05) is 0 Å². The molecule has 0 amide bonds. The van der Waals surface area contributed by atoms with Crippen molar-refractivity contribution < 1.29 is 0 Å². The molecule has 1 aliphatic rings. The number of fused-ring (bicyclic) bond motifs is 12. The number of para-hydroxylation sites is 1. The largest absolute Gasteiger partial charge is 0.309 e. The van der Waals surface area contributed by atoms with Crippen LogP contribution < -0.4 is 0 Å². The van der Waals surface area contributed by atoms with Gasteiger partial charge in [-0.25, -0.2) is 0 Å². The van der Waals surface area contributed by atoms with Gasteiger partial charge in [-0.15, -0.1) is 11.3 Å². The van der Waals surface area contributed by atoms with E-state index in [1.54, 1.807) is 0 Å². The van der Waals surface area contributed by atoms with Crippen LogP contribution in [0.25, 0.3) is 91.5 Å². The molecule has 9 aromatic carbocycles. The van der Waals surface area contributed by atoms with Gasteiger partial charge in [0.1, 0.15) is 0 Å². The minimum absolute atomic E-state index is 0.165. The Morgan fingerprint density at radius 2 is 1.11 bits per heavy atom. The van der Waals surface area contributed by atoms with Gasteiger partial charge in [0.25, 0.3) is 0 Å². The van der Waals surface area contributed by atoms with Crippen molar-refractivity contribution in [3.63, 3.8) is 0 Å². The van der Waals surface area contributed by atoms with Crippen LogP contribution >= 0.6 is 11.3 Å². The van der Waals surface area contributed by atoms with Gasteiger partial charge in [-0.05, 0) is 103 Å². The Balaban J connectivity index is 1.14. The molecule has 0 saturated carbocycles. The van der Waals surface area contributed by atoms with Gasteiger partial charge in [-0.2, -0.15) is 0 Å². The first kappa shape index (κ1) is 29.1. The number of hydrogen-bond donors (Lipinski definition) is 0. The number of thiophene rings is 1. The fourth-order valence-corrected chi connectivity index (χ4v) is 10.6. The van der Waals surface area contributed by atoms with E-state index in [2.05, 4.69) is 187 Å². The van der Waals surface area contributed by atoms with E-state index in [-0.39, 0.29) is 5.92 Å². The number of benzene rings is 9. The molecule has 0 spiro atoms. The number of aromatic nitrogens is 1. The van der Waals surface area contributed by atoms with Gasteiger partial charge in [-0.1, -0.05) is 140 Å². The Hall–Kier alpha value is -6.48. The standard InChI is InChI=1S/C51H31NS/c1-3-13-33-27-36(22-21-31(33)11-1)48-40-17-6-5-15-38(40)44-30-42(49-41-18-8-10-20-47(41)53-51(49)50(44)48)35-24-26-46-43(29-35)39-16-7-9-19-45(39)52(46)37-25-23-32-12-2-4-14-34(32)28-37/h1-30,48H. The minimum atomic E-state index is 0.165. The van der Waals surface area contributed by atoms with Crippen LogP contribution in [0.15, 0.2) is 182 Å². The monoisotopic (exact) mass is 689 g/mol. The normalized spacial score (nSPS) is 13.8. The van der Waals surface area contributed by atoms with E-state index in [1.165, 1.54) is 108 Å². The van der Waals surface area contributed by atoms with Gasteiger partial charge in [0.15, 0.2) is 0 Å². The Labute approximate surface area is 310 Å². The first-order valence-electron chi connectivity index (χ1n) is 18.4. The summed E-state index contributed by atoms with van der Waals surface area (Å²) in [5.74, 6) is 0.165. The van der Waals surface area contributed by atoms with Crippen LogP contribution in [0.1, 0.15) is 22.6 Å². The summed E-state index contributed by atoms with van der Waals surface area (Å²) in [6, 6.07) is 67.9. The average molecular weight is 690 g/mol. The molecule has 1 atom stereocenters. The average Bonchev–Trinajstić information content (AvgIpc) is 3.88. The summed E-state index contributed by atoms with van der Waals surface area (Å²) in [5.41, 5.74) is 13.1. The Morgan fingerprint density at radius 1 is 0.434 bits per heavy atom. The van der Waals surface area contributed by atoms with Crippen molar-refractivity contribution >= 4 is 74.9 Å². The van der Waals surface area contributed by atoms with Crippen molar-refractivity contribution in [1.82, 2.24) is 4.57 Å². The van der Waals surface area contributed by atoms with Gasteiger partial charge in [-0.3, -0.25) is 0 Å². The summed E-state index contributed by atoms with van der Waals surface area (Å²) in [7, 11) is 0. The molecule has 2 heteroatoms. The molecular formula is C51H31NS. The van der Waals surface area contributed by atoms with Crippen molar-refractivity contribution in [3.8, 4) is 27.9 Å². The van der Waals surface area contributed by atoms with Crippen molar-refractivity contribution in [1.29, 1.82) is 0 Å². The molecule has 0 fully saturated rings. The van der Waals surface area contributed by atoms with Crippen molar-refractivity contribution in [3.05, 3.63) is 199 Å². The predicted molar refractivity (Wildman–Crippen MR) is 227 cm³/mol. The summed E-state index contributed by atoms with van der Waals surface area (Å²) in [6.45, 7) is 0. The molecular weight excluding hydrogens is 659 g/mol. The molecule has 1 aliphatic carbocycles. The van der Waals surface area contributed by atoms with E-state index in [4.69, 9.17) is 0 Å². The summed E-state index contributed by atoms with van der Waals surface area (Å²) >= 11 is 1.95. The lowest BCUT2D eigenvalue weighted by atomic mass is 9.86. The minimum Gasteiger partial charge on any atom is -0.309 e. The summed E-state index contributed by atoms with van der Waals surface area (Å²) in [5, 5.41) is 10.3. The second kappa shape index (κ2) is 11.0. The summed E-state index contributed by atoms with van der Waals surface area (Å²) < 4.78 is 5.16. The second-order valence-corrected chi connectivity index (χ2v) is 15.5. The van der Waals surface area contributed by atoms with E-state index in [9.17, 15) is 0 Å². The maximum Gasteiger partial charge on any atom is 0.0541 e. The molecule has 11 aromatic rings. The van der Waals surface area contributed by atoms with E-state index in [1.807, 2.05) is 11.3 Å². The zero-order chi connectivity index (χ0) is 34.6. The molecule has 0 N–H and O–H groups in total. The van der Waals surface area contributed by atoms with E-state index in [0.717, 1.165) is 0 Å². The molecule has 0 bridgehead atoms. The zero-order valence-corrected chi connectivity index (χ0v) is 29.6. The summed E-state index contributed by atoms with van der Waals surface area (Å²) in [4.78, 5) is 0. The fourth-order valence-electron chi connectivity index (χ4n) is 9.27. The zero-order valence-electron chi connectivity index (χ0n) is 28.8. The Bertz CT molecular complexity index is 3300. The van der Waals surface area contributed by atoms with E-state index < -0.39 is 0 Å². The Morgan fingerprint density at radius 3 is 1.98 bits per heavy atom. The fraction of sp³-hybridized carbons (Fsp3) is 0.0196. The molecule has 12 rings (SSSR count). The van der Waals surface area contributed by atoms with Gasteiger partial charge in [0.2, 0.25) is 0 Å². The third kappa shape index (κ3) is 4.19. The van der Waals surface area contributed by atoms with Gasteiger partial charge in [0, 0.05) is 42.6 Å². The third-order valence-corrected chi connectivity index (χ3v) is 12.8. The number of hydrogen-bond acceptors (Lipinski definition) is 1. The SMILES string of the molecule is c1ccc2c(c1)-c1cc(-c3ccc4c(c3)c3ccccc3n4-c3ccc4ccccc4c3)c3c(sc4ccccc43)c1C2c1ccc2ccccc2c1. The molecule has 2 aromatic heterocycles. The molecule has 53 heavy (non-hydrogen) atoms. The van der Waals surface area contributed by atoms with E-state index >= 15 is 0 Å². The third-order valence-electron chi connectivity index (χ3n) is 11.6. The quantitative estimate of drug-likeness (QED) is 0.174. The van der Waals surface area contributed by atoms with Crippen molar-refractivity contribution in [2.24, 2.45) is 0 Å². The summed E-state index contributed by atoms with van der Waals surface area (Å²) in [6.07, 6.45) is 0. The van der Waals surface area contributed by atoms with Crippen LogP contribution in [-0.2, 0) is 0 Å². The van der Waals surface area contributed by atoms with Crippen LogP contribution in [0.3, 0.4) is 0 Å². The molecule has 246 valence electrons. The lowest BCUT2D eigenvalue weighted by Crippen LogP contribution is -2.00. The topological polar surface area (TPSA) is 4.93 Å². The van der Waals surface area contributed by atoms with Gasteiger partial charge >= 0.3 is 0 Å². The molecule has 2 heterocycles. The highest BCUT2D eigenvalue weighted by Crippen LogP contribution is 2.56. The smallest absolute Gasteiger partial charge is 0.0541 e. The van der Waals surface area contributed by atoms with Gasteiger partial charge in [0.05, 0.1) is 11.0 Å².